The van der Waals surface area contributed by atoms with Gasteiger partial charge >= 0.3 is 0 Å². The van der Waals surface area contributed by atoms with E-state index in [-0.39, 0.29) is 0 Å². The van der Waals surface area contributed by atoms with Crippen molar-refractivity contribution in [3.8, 4) is 0 Å². The van der Waals surface area contributed by atoms with E-state index < -0.39 is 7.05 Å². The maximum Gasteiger partial charge on any atom is 0.0837 e. The van der Waals surface area contributed by atoms with Gasteiger partial charge in [-0.1, -0.05) is 121 Å². The molecule has 0 spiro atoms. The summed E-state index contributed by atoms with van der Waals surface area (Å²) in [5, 5.41) is 8.17. The molecule has 0 saturated carbocycles. The van der Waals surface area contributed by atoms with E-state index in [4.69, 9.17) is 4.85 Å². The van der Waals surface area contributed by atoms with Crippen molar-refractivity contribution in [2.45, 2.75) is 0 Å². The fourth-order valence-electron chi connectivity index (χ4n) is 3.24. The van der Waals surface area contributed by atoms with Gasteiger partial charge < -0.3 is 0 Å². The third-order valence-electron chi connectivity index (χ3n) is 4.58. The molecule has 4 aromatic rings. The number of hydrogen-bond acceptors (Lipinski definition) is 1. The van der Waals surface area contributed by atoms with E-state index in [2.05, 4.69) is 77.9 Å². The van der Waals surface area contributed by atoms with E-state index in [1.807, 2.05) is 54.7 Å². The molecule has 0 aliphatic heterocycles. The van der Waals surface area contributed by atoms with Gasteiger partial charge in [-0.15, -0.1) is 0 Å². The fraction of sp³-hybridized carbons (Fsp3) is 0. The highest BCUT2D eigenvalue weighted by Crippen LogP contribution is 2.46. The highest BCUT2D eigenvalue weighted by atomic mass is 31.2. The first-order valence-electron chi connectivity index (χ1n) is 9.26. The van der Waals surface area contributed by atoms with E-state index in [9.17, 15) is 0 Å². The average molecular weight is 380 g/mol. The molecular weight excluding hydrogens is 359 g/mol. The topological polar surface area (TPSA) is 24.7 Å². The third-order valence-corrected chi connectivity index (χ3v) is 8.09. The summed E-state index contributed by atoms with van der Waals surface area (Å²) in [6, 6.07) is 41.6. The van der Waals surface area contributed by atoms with E-state index in [0.717, 1.165) is 5.56 Å². The van der Waals surface area contributed by atoms with Crippen LogP contribution in [0, 0.1) is 0 Å². The molecule has 0 atom stereocenters. The van der Waals surface area contributed by atoms with Crippen LogP contribution in [-0.2, 0) is 0 Å². The van der Waals surface area contributed by atoms with Crippen LogP contribution in [0.25, 0.3) is 0 Å². The number of hydrogen-bond donors (Lipinski definition) is 0. The van der Waals surface area contributed by atoms with Crippen LogP contribution in [0.15, 0.2) is 131 Å². The van der Waals surface area contributed by atoms with Gasteiger partial charge in [0.05, 0.1) is 13.3 Å². The second kappa shape index (κ2) is 8.65. The molecule has 0 aliphatic carbocycles. The summed E-state index contributed by atoms with van der Waals surface area (Å²) >= 11 is 0. The molecule has 0 aromatic heterocycles. The van der Waals surface area contributed by atoms with E-state index in [0.29, 0.717) is 0 Å². The predicted molar refractivity (Wildman–Crippen MR) is 122 cm³/mol. The minimum absolute atomic E-state index is 1.04. The van der Waals surface area contributed by atoms with Crippen molar-refractivity contribution in [2.24, 2.45) is 9.96 Å². The van der Waals surface area contributed by atoms with Crippen molar-refractivity contribution in [1.29, 1.82) is 0 Å². The van der Waals surface area contributed by atoms with E-state index >= 15 is 0 Å². The summed E-state index contributed by atoms with van der Waals surface area (Å²) in [6.45, 7) is 0. The van der Waals surface area contributed by atoms with Gasteiger partial charge in [0.15, 0.2) is 0 Å². The summed E-state index contributed by atoms with van der Waals surface area (Å²) in [5.41, 5.74) is 1.04. The largest absolute Gasteiger partial charge is 0.159 e. The van der Waals surface area contributed by atoms with Gasteiger partial charge in [-0.2, -0.15) is 9.96 Å². The van der Waals surface area contributed by atoms with Gasteiger partial charge in [-0.05, 0) is 5.56 Å². The normalized spacial score (nSPS) is 11.4. The highest BCUT2D eigenvalue weighted by molar-refractivity contribution is 7.87. The summed E-state index contributed by atoms with van der Waals surface area (Å²) in [4.78, 5) is 5.04. The maximum absolute atomic E-state index is 5.04. The lowest BCUT2D eigenvalue weighted by atomic mass is 10.2. The molecule has 28 heavy (non-hydrogen) atoms. The molecule has 0 heterocycles. The molecule has 0 amide bonds. The van der Waals surface area contributed by atoms with Crippen LogP contribution < -0.4 is 15.9 Å². The highest BCUT2D eigenvalue weighted by Gasteiger charge is 2.27. The van der Waals surface area contributed by atoms with Gasteiger partial charge in [0.25, 0.3) is 0 Å². The Labute approximate surface area is 166 Å². The molecule has 3 heteroatoms. The standard InChI is InChI=1S/C25H21N2P/c1-5-13-22(14-6-1)21-26-27-28(23-15-7-2-8-16-23,24-17-9-3-10-18-24)25-19-11-4-12-20-25/h1-21H/b26-21+. The van der Waals surface area contributed by atoms with Crippen molar-refractivity contribution in [3.63, 3.8) is 0 Å². The molecule has 0 aliphatic rings. The summed E-state index contributed by atoms with van der Waals surface area (Å²) < 4.78 is 0. The first-order chi connectivity index (χ1) is 13.9. The molecule has 0 unspecified atom stereocenters. The molecule has 0 saturated heterocycles. The van der Waals surface area contributed by atoms with Crippen LogP contribution in [0.1, 0.15) is 5.56 Å². The minimum Gasteiger partial charge on any atom is -0.159 e. The molecule has 0 radical (unpaired) electrons. The van der Waals surface area contributed by atoms with Gasteiger partial charge in [-0.25, -0.2) is 0 Å². The maximum atomic E-state index is 5.04. The number of rotatable bonds is 5. The summed E-state index contributed by atoms with van der Waals surface area (Å²) in [5.74, 6) is 0. The van der Waals surface area contributed by atoms with Gasteiger partial charge in [0.2, 0.25) is 0 Å². The van der Waals surface area contributed by atoms with Crippen LogP contribution >= 0.6 is 7.05 Å². The quantitative estimate of drug-likeness (QED) is 0.258. The Bertz CT molecular complexity index is 987. The number of nitrogens with zero attached hydrogens (tertiary/aromatic N) is 2. The first-order valence-corrected chi connectivity index (χ1v) is 11.0. The van der Waals surface area contributed by atoms with Crippen LogP contribution in [0.5, 0.6) is 0 Å². The van der Waals surface area contributed by atoms with Crippen molar-refractivity contribution < 1.29 is 0 Å². The van der Waals surface area contributed by atoms with Crippen LogP contribution in [0.3, 0.4) is 0 Å². The molecule has 0 fully saturated rings. The molecule has 0 bridgehead atoms. The van der Waals surface area contributed by atoms with Crippen molar-refractivity contribution >= 4 is 29.2 Å². The Balaban J connectivity index is 1.99. The lowest BCUT2D eigenvalue weighted by Gasteiger charge is -2.25. The van der Waals surface area contributed by atoms with Gasteiger partial charge in [-0.3, -0.25) is 0 Å². The smallest absolute Gasteiger partial charge is 0.0837 e. The minimum atomic E-state index is -2.26. The molecule has 136 valence electrons. The van der Waals surface area contributed by atoms with Crippen LogP contribution in [-0.4, -0.2) is 6.21 Å². The zero-order valence-electron chi connectivity index (χ0n) is 15.5. The third kappa shape index (κ3) is 3.74. The first kappa shape index (κ1) is 18.2. The summed E-state index contributed by atoms with van der Waals surface area (Å²) in [7, 11) is -2.26. The Morgan fingerprint density at radius 2 is 0.821 bits per heavy atom. The Hall–Kier alpha value is -3.22. The van der Waals surface area contributed by atoms with Crippen molar-refractivity contribution in [2.75, 3.05) is 0 Å². The zero-order chi connectivity index (χ0) is 19.1. The molecular formula is C25H21N2P. The van der Waals surface area contributed by atoms with E-state index in [1.54, 1.807) is 0 Å². The van der Waals surface area contributed by atoms with Crippen LogP contribution in [0.2, 0.25) is 0 Å². The molecule has 4 aromatic carbocycles. The van der Waals surface area contributed by atoms with Crippen molar-refractivity contribution in [1.82, 2.24) is 0 Å². The fourth-order valence-corrected chi connectivity index (χ4v) is 6.46. The van der Waals surface area contributed by atoms with Crippen LogP contribution in [0.4, 0.5) is 0 Å². The average Bonchev–Trinajstić information content (AvgIpc) is 2.79. The Kier molecular flexibility index (Phi) is 5.61. The van der Waals surface area contributed by atoms with E-state index in [1.165, 1.54) is 15.9 Å². The lowest BCUT2D eigenvalue weighted by molar-refractivity contribution is 1.28. The lowest BCUT2D eigenvalue weighted by Crippen LogP contribution is -2.25. The predicted octanol–water partition coefficient (Wildman–Crippen LogP) is 5.20. The number of benzene rings is 4. The monoisotopic (exact) mass is 380 g/mol. The second-order valence-electron chi connectivity index (χ2n) is 6.39. The van der Waals surface area contributed by atoms with Crippen molar-refractivity contribution in [3.05, 3.63) is 127 Å². The molecule has 0 N–H and O–H groups in total. The van der Waals surface area contributed by atoms with Gasteiger partial charge in [0, 0.05) is 15.9 Å². The SMILES string of the molecule is C(=N\N=P(c1ccccc1)(c1ccccc1)c1ccccc1)/c1ccccc1. The molecule has 4 rings (SSSR count). The Morgan fingerprint density at radius 3 is 1.21 bits per heavy atom. The molecule has 2 nitrogen and oxygen atoms in total. The Morgan fingerprint density at radius 1 is 0.464 bits per heavy atom. The summed E-state index contributed by atoms with van der Waals surface area (Å²) in [6.07, 6.45) is 1.84. The zero-order valence-corrected chi connectivity index (χ0v) is 16.4. The second-order valence-corrected chi connectivity index (χ2v) is 9.39. The van der Waals surface area contributed by atoms with Gasteiger partial charge in [0.1, 0.15) is 0 Å².